The van der Waals surface area contributed by atoms with Crippen LogP contribution in [-0.2, 0) is 9.84 Å². The number of hydrogen-bond acceptors (Lipinski definition) is 4. The molecule has 5 heteroatoms. The second kappa shape index (κ2) is 5.84. The van der Waals surface area contributed by atoms with Crippen LogP contribution in [0.1, 0.15) is 36.7 Å². The molecule has 0 unspecified atom stereocenters. The van der Waals surface area contributed by atoms with Crippen molar-refractivity contribution < 1.29 is 17.6 Å². The molecule has 0 atom stereocenters. The van der Waals surface area contributed by atoms with Gasteiger partial charge in [-0.05, 0) is 18.6 Å². The van der Waals surface area contributed by atoms with Crippen molar-refractivity contribution in [2.45, 2.75) is 26.2 Å². The lowest BCUT2D eigenvalue weighted by atomic mass is 10.3. The van der Waals surface area contributed by atoms with Crippen molar-refractivity contribution in [1.29, 1.82) is 0 Å². The minimum atomic E-state index is -3.29. The Morgan fingerprint density at radius 1 is 1.38 bits per heavy atom. The average Bonchev–Trinajstić information content (AvgIpc) is 2.69. The summed E-state index contributed by atoms with van der Waals surface area (Å²) in [5, 5.41) is 0. The van der Waals surface area contributed by atoms with E-state index < -0.39 is 21.4 Å². The van der Waals surface area contributed by atoms with Crippen LogP contribution in [0.15, 0.2) is 22.8 Å². The molecule has 0 fully saturated rings. The van der Waals surface area contributed by atoms with E-state index in [1.807, 2.05) is 6.92 Å². The van der Waals surface area contributed by atoms with Crippen LogP contribution in [-0.4, -0.2) is 25.7 Å². The fraction of sp³-hybridized carbons (Fsp3) is 0.545. The van der Waals surface area contributed by atoms with Gasteiger partial charge in [-0.2, -0.15) is 0 Å². The molecular formula is C11H16O4S. The van der Waals surface area contributed by atoms with E-state index >= 15 is 0 Å². The van der Waals surface area contributed by atoms with Gasteiger partial charge >= 0.3 is 0 Å². The highest BCUT2D eigenvalue weighted by Crippen LogP contribution is 2.06. The Balaban J connectivity index is 2.50. The highest BCUT2D eigenvalue weighted by atomic mass is 32.2. The predicted octanol–water partition coefficient (Wildman–Crippen LogP) is 2.07. The third-order valence-electron chi connectivity index (χ3n) is 2.21. The molecule has 0 bridgehead atoms. The molecule has 0 aromatic carbocycles. The maximum absolute atomic E-state index is 11.5. The Bertz CT molecular complexity index is 417. The lowest BCUT2D eigenvalue weighted by Gasteiger charge is -2.01. The quantitative estimate of drug-likeness (QED) is 0.544. The van der Waals surface area contributed by atoms with Gasteiger partial charge in [-0.25, -0.2) is 8.42 Å². The minimum absolute atomic E-state index is 0.0767. The maximum Gasteiger partial charge on any atom is 0.212 e. The van der Waals surface area contributed by atoms with Crippen LogP contribution in [0.4, 0.5) is 0 Å². The van der Waals surface area contributed by atoms with Crippen LogP contribution in [0.25, 0.3) is 0 Å². The van der Waals surface area contributed by atoms with E-state index in [1.165, 1.54) is 12.3 Å². The molecule has 1 rings (SSSR count). The molecule has 90 valence electrons. The van der Waals surface area contributed by atoms with Crippen LogP contribution in [0.5, 0.6) is 0 Å². The molecule has 0 spiro atoms. The third-order valence-corrected chi connectivity index (χ3v) is 3.82. The van der Waals surface area contributed by atoms with Gasteiger partial charge in [0.05, 0.1) is 12.0 Å². The van der Waals surface area contributed by atoms with Crippen molar-refractivity contribution in [3.63, 3.8) is 0 Å². The highest BCUT2D eigenvalue weighted by Gasteiger charge is 2.19. The van der Waals surface area contributed by atoms with Crippen LogP contribution < -0.4 is 0 Å². The van der Waals surface area contributed by atoms with E-state index in [9.17, 15) is 13.2 Å². The number of ketones is 1. The fourth-order valence-electron chi connectivity index (χ4n) is 1.35. The topological polar surface area (TPSA) is 64.3 Å². The van der Waals surface area contributed by atoms with Crippen molar-refractivity contribution in [2.75, 3.05) is 11.5 Å². The standard InChI is InChI=1S/C11H16O4S/c1-2-3-4-8-16(13,14)9-10(12)11-6-5-7-15-11/h5-7H,2-4,8-9H2,1H3. The van der Waals surface area contributed by atoms with E-state index in [1.54, 1.807) is 6.07 Å². The highest BCUT2D eigenvalue weighted by molar-refractivity contribution is 7.92. The Labute approximate surface area is 95.6 Å². The van der Waals surface area contributed by atoms with Gasteiger partial charge < -0.3 is 4.42 Å². The van der Waals surface area contributed by atoms with Gasteiger partial charge in [0, 0.05) is 0 Å². The molecule has 4 nitrogen and oxygen atoms in total. The van der Waals surface area contributed by atoms with Gasteiger partial charge in [-0.3, -0.25) is 4.79 Å². The third kappa shape index (κ3) is 4.18. The number of rotatable bonds is 7. The van der Waals surface area contributed by atoms with E-state index in [4.69, 9.17) is 4.42 Å². The first-order chi connectivity index (χ1) is 7.55. The van der Waals surface area contributed by atoms with Gasteiger partial charge in [0.2, 0.25) is 5.78 Å². The number of hydrogen-bond donors (Lipinski definition) is 0. The zero-order chi connectivity index (χ0) is 12.0. The molecule has 0 saturated carbocycles. The van der Waals surface area contributed by atoms with Gasteiger partial charge in [0.1, 0.15) is 5.75 Å². The molecular weight excluding hydrogens is 228 g/mol. The number of unbranched alkanes of at least 4 members (excludes halogenated alkanes) is 2. The minimum Gasteiger partial charge on any atom is -0.461 e. The lowest BCUT2D eigenvalue weighted by Crippen LogP contribution is -2.18. The van der Waals surface area contributed by atoms with Gasteiger partial charge in [-0.15, -0.1) is 0 Å². The molecule has 0 saturated heterocycles. The van der Waals surface area contributed by atoms with Crippen molar-refractivity contribution in [3.8, 4) is 0 Å². The average molecular weight is 244 g/mol. The molecule has 0 aliphatic heterocycles. The number of Topliss-reactive ketones (excluding diaryl/α,β-unsaturated/α-hetero) is 1. The Morgan fingerprint density at radius 3 is 2.69 bits per heavy atom. The summed E-state index contributed by atoms with van der Waals surface area (Å²) in [7, 11) is -3.29. The Hall–Kier alpha value is -1.10. The number of carbonyl (C=O) groups is 1. The van der Waals surface area contributed by atoms with Crippen LogP contribution >= 0.6 is 0 Å². The number of sulfone groups is 1. The maximum atomic E-state index is 11.5. The molecule has 1 aromatic heterocycles. The first-order valence-corrected chi connectivity index (χ1v) is 7.14. The second-order valence-electron chi connectivity index (χ2n) is 3.70. The summed E-state index contributed by atoms with van der Waals surface area (Å²) in [4.78, 5) is 11.5. The molecule has 16 heavy (non-hydrogen) atoms. The largest absolute Gasteiger partial charge is 0.461 e. The SMILES string of the molecule is CCCCCS(=O)(=O)CC(=O)c1ccco1. The molecule has 0 aliphatic carbocycles. The van der Waals surface area contributed by atoms with Crippen LogP contribution in [0.2, 0.25) is 0 Å². The van der Waals surface area contributed by atoms with Gasteiger partial charge in [0.25, 0.3) is 0 Å². The van der Waals surface area contributed by atoms with Crippen LogP contribution in [0.3, 0.4) is 0 Å². The molecule has 0 N–H and O–H groups in total. The monoisotopic (exact) mass is 244 g/mol. The van der Waals surface area contributed by atoms with Crippen molar-refractivity contribution in [1.82, 2.24) is 0 Å². The molecule has 1 heterocycles. The van der Waals surface area contributed by atoms with Gasteiger partial charge in [0.15, 0.2) is 15.6 Å². The molecule has 0 radical (unpaired) electrons. The Morgan fingerprint density at radius 2 is 2.12 bits per heavy atom. The Kier molecular flexibility index (Phi) is 4.73. The smallest absolute Gasteiger partial charge is 0.212 e. The van der Waals surface area contributed by atoms with Crippen molar-refractivity contribution in [3.05, 3.63) is 24.2 Å². The normalized spacial score (nSPS) is 11.6. The summed E-state index contributed by atoms with van der Waals surface area (Å²) in [6.07, 6.45) is 3.80. The summed E-state index contributed by atoms with van der Waals surface area (Å²) >= 11 is 0. The number of furan rings is 1. The first-order valence-electron chi connectivity index (χ1n) is 5.32. The summed E-state index contributed by atoms with van der Waals surface area (Å²) in [6, 6.07) is 3.04. The van der Waals surface area contributed by atoms with Gasteiger partial charge in [-0.1, -0.05) is 19.8 Å². The van der Waals surface area contributed by atoms with E-state index in [0.717, 1.165) is 12.8 Å². The second-order valence-corrected chi connectivity index (χ2v) is 5.88. The van der Waals surface area contributed by atoms with Crippen molar-refractivity contribution in [2.24, 2.45) is 0 Å². The van der Waals surface area contributed by atoms with Crippen LogP contribution in [0, 0.1) is 0 Å². The first kappa shape index (κ1) is 13.0. The fourth-order valence-corrected chi connectivity index (χ4v) is 2.68. The number of carbonyl (C=O) groups excluding carboxylic acids is 1. The summed E-state index contributed by atoms with van der Waals surface area (Å²) in [5.41, 5.74) is 0. The molecule has 1 aromatic rings. The summed E-state index contributed by atoms with van der Waals surface area (Å²) in [5.74, 6) is -0.738. The van der Waals surface area contributed by atoms with Crippen molar-refractivity contribution >= 4 is 15.6 Å². The summed E-state index contributed by atoms with van der Waals surface area (Å²) in [6.45, 7) is 2.00. The van der Waals surface area contributed by atoms with E-state index in [0.29, 0.717) is 6.42 Å². The molecule has 0 aliphatic rings. The summed E-state index contributed by atoms with van der Waals surface area (Å²) < 4.78 is 27.9. The van der Waals surface area contributed by atoms with E-state index in [-0.39, 0.29) is 11.5 Å². The lowest BCUT2D eigenvalue weighted by molar-refractivity contribution is 0.0990. The predicted molar refractivity (Wildman–Crippen MR) is 61.2 cm³/mol. The molecule has 0 amide bonds. The zero-order valence-electron chi connectivity index (χ0n) is 9.31. The zero-order valence-corrected chi connectivity index (χ0v) is 10.1. The van der Waals surface area contributed by atoms with E-state index in [2.05, 4.69) is 0 Å².